The van der Waals surface area contributed by atoms with Gasteiger partial charge in [0.25, 0.3) is 10.0 Å². The second kappa shape index (κ2) is 6.73. The lowest BCUT2D eigenvalue weighted by atomic mass is 10.2. The maximum Gasteiger partial charge on any atom is 0.336 e. The van der Waals surface area contributed by atoms with E-state index in [4.69, 9.17) is 4.42 Å². The molecule has 0 unspecified atom stereocenters. The van der Waals surface area contributed by atoms with Crippen molar-refractivity contribution in [3.63, 3.8) is 0 Å². The Morgan fingerprint density at radius 1 is 0.821 bits per heavy atom. The molecule has 28 heavy (non-hydrogen) atoms. The molecule has 1 heterocycles. The van der Waals surface area contributed by atoms with E-state index < -0.39 is 25.7 Å². The third-order valence-corrected chi connectivity index (χ3v) is 7.13. The number of hydrogen-bond donors (Lipinski definition) is 2. The molecule has 0 amide bonds. The fourth-order valence-corrected chi connectivity index (χ4v) is 5.02. The van der Waals surface area contributed by atoms with Gasteiger partial charge in [0.15, 0.2) is 0 Å². The van der Waals surface area contributed by atoms with Crippen LogP contribution >= 0.6 is 0 Å². The highest BCUT2D eigenvalue weighted by molar-refractivity contribution is 7.92. The van der Waals surface area contributed by atoms with Gasteiger partial charge in [-0.25, -0.2) is 26.4 Å². The highest BCUT2D eigenvalue weighted by Crippen LogP contribution is 2.24. The van der Waals surface area contributed by atoms with E-state index in [1.807, 2.05) is 0 Å². The number of anilines is 1. The van der Waals surface area contributed by atoms with Crippen LogP contribution in [0, 0.1) is 0 Å². The molecule has 1 aromatic heterocycles. The van der Waals surface area contributed by atoms with Crippen molar-refractivity contribution < 1.29 is 21.3 Å². The summed E-state index contributed by atoms with van der Waals surface area (Å²) < 4.78 is 59.5. The minimum atomic E-state index is -3.91. The zero-order chi connectivity index (χ0) is 19.9. The lowest BCUT2D eigenvalue weighted by molar-refractivity contribution is 0.560. The summed E-state index contributed by atoms with van der Waals surface area (Å²) in [5.74, 6) is 0. The van der Waals surface area contributed by atoms with Crippen molar-refractivity contribution in [2.45, 2.75) is 28.7 Å². The molecule has 10 heteroatoms. The van der Waals surface area contributed by atoms with Crippen LogP contribution in [0.4, 0.5) is 5.69 Å². The second-order valence-corrected chi connectivity index (χ2v) is 9.88. The molecule has 146 valence electrons. The fourth-order valence-electron chi connectivity index (χ4n) is 2.62. The van der Waals surface area contributed by atoms with Gasteiger partial charge >= 0.3 is 5.63 Å². The molecule has 2 N–H and O–H groups in total. The minimum absolute atomic E-state index is 0.0130. The molecule has 1 saturated carbocycles. The standard InChI is InChI=1S/C18H16N2O6S2/c21-18-10-1-12-11-16(8-9-17(12)26-18)28(24,25)20-14-4-6-15(7-5-14)27(22,23)19-13-2-3-13/h1,4-11,13,19-20H,2-3H2. The Morgan fingerprint density at radius 2 is 1.50 bits per heavy atom. The highest BCUT2D eigenvalue weighted by atomic mass is 32.2. The van der Waals surface area contributed by atoms with Gasteiger partial charge in [-0.15, -0.1) is 0 Å². The quantitative estimate of drug-likeness (QED) is 0.589. The van der Waals surface area contributed by atoms with Crippen LogP contribution in [0.5, 0.6) is 0 Å². The van der Waals surface area contributed by atoms with Gasteiger partial charge in [0, 0.05) is 23.2 Å². The molecular weight excluding hydrogens is 404 g/mol. The number of hydrogen-bond acceptors (Lipinski definition) is 6. The molecule has 0 bridgehead atoms. The summed E-state index contributed by atoms with van der Waals surface area (Å²) in [6.07, 6.45) is 1.65. The van der Waals surface area contributed by atoms with Crippen LogP contribution in [0.3, 0.4) is 0 Å². The monoisotopic (exact) mass is 420 g/mol. The van der Waals surface area contributed by atoms with Crippen molar-refractivity contribution in [2.24, 2.45) is 0 Å². The number of sulfonamides is 2. The predicted molar refractivity (Wildman–Crippen MR) is 103 cm³/mol. The highest BCUT2D eigenvalue weighted by Gasteiger charge is 2.28. The molecule has 0 radical (unpaired) electrons. The zero-order valence-electron chi connectivity index (χ0n) is 14.5. The third-order valence-electron chi connectivity index (χ3n) is 4.22. The molecule has 0 spiro atoms. The molecule has 1 aliphatic carbocycles. The first-order valence-electron chi connectivity index (χ1n) is 8.42. The Balaban J connectivity index is 1.57. The summed E-state index contributed by atoms with van der Waals surface area (Å²) in [7, 11) is -7.51. The number of benzene rings is 2. The lowest BCUT2D eigenvalue weighted by Gasteiger charge is -2.10. The number of rotatable bonds is 6. The van der Waals surface area contributed by atoms with E-state index in [-0.39, 0.29) is 27.1 Å². The van der Waals surface area contributed by atoms with E-state index in [2.05, 4.69) is 9.44 Å². The average Bonchev–Trinajstić information content (AvgIpc) is 3.44. The van der Waals surface area contributed by atoms with Gasteiger partial charge in [-0.05, 0) is 61.4 Å². The van der Waals surface area contributed by atoms with E-state index in [1.54, 1.807) is 0 Å². The first-order valence-corrected chi connectivity index (χ1v) is 11.4. The first-order chi connectivity index (χ1) is 13.2. The summed E-state index contributed by atoms with van der Waals surface area (Å²) in [6, 6.07) is 12.3. The lowest BCUT2D eigenvalue weighted by Crippen LogP contribution is -2.25. The Morgan fingerprint density at radius 3 is 2.18 bits per heavy atom. The van der Waals surface area contributed by atoms with Crippen LogP contribution in [0.2, 0.25) is 0 Å². The summed E-state index contributed by atoms with van der Waals surface area (Å²) in [5, 5.41) is 0.468. The van der Waals surface area contributed by atoms with Crippen LogP contribution in [-0.4, -0.2) is 22.9 Å². The van der Waals surface area contributed by atoms with E-state index in [9.17, 15) is 21.6 Å². The molecule has 8 nitrogen and oxygen atoms in total. The van der Waals surface area contributed by atoms with E-state index in [0.29, 0.717) is 5.39 Å². The van der Waals surface area contributed by atoms with Crippen LogP contribution in [0.25, 0.3) is 11.0 Å². The van der Waals surface area contributed by atoms with E-state index >= 15 is 0 Å². The molecule has 3 aromatic rings. The van der Waals surface area contributed by atoms with Gasteiger partial charge in [0.05, 0.1) is 9.79 Å². The molecule has 2 aromatic carbocycles. The Hall–Kier alpha value is -2.69. The van der Waals surface area contributed by atoms with Crippen LogP contribution in [0.15, 0.2) is 73.6 Å². The van der Waals surface area contributed by atoms with E-state index in [1.165, 1.54) is 54.6 Å². The Kier molecular flexibility index (Phi) is 4.48. The molecule has 1 fully saturated rings. The molecule has 0 saturated heterocycles. The maximum atomic E-state index is 12.6. The van der Waals surface area contributed by atoms with Crippen molar-refractivity contribution >= 4 is 36.7 Å². The summed E-state index contributed by atoms with van der Waals surface area (Å²) in [4.78, 5) is 11.3. The summed E-state index contributed by atoms with van der Waals surface area (Å²) in [5.41, 5.74) is -0.0123. The van der Waals surface area contributed by atoms with Gasteiger partial charge in [-0.1, -0.05) is 0 Å². The van der Waals surface area contributed by atoms with Crippen molar-refractivity contribution in [1.29, 1.82) is 0 Å². The second-order valence-electron chi connectivity index (χ2n) is 6.48. The van der Waals surface area contributed by atoms with Crippen molar-refractivity contribution in [2.75, 3.05) is 4.72 Å². The number of nitrogens with one attached hydrogen (secondary N) is 2. The third kappa shape index (κ3) is 3.93. The Labute approximate surface area is 161 Å². The molecule has 0 aliphatic heterocycles. The van der Waals surface area contributed by atoms with Crippen LogP contribution in [-0.2, 0) is 20.0 Å². The van der Waals surface area contributed by atoms with Gasteiger partial charge in [-0.3, -0.25) is 4.72 Å². The summed E-state index contributed by atoms with van der Waals surface area (Å²) in [6.45, 7) is 0. The van der Waals surface area contributed by atoms with Crippen molar-refractivity contribution in [3.05, 3.63) is 65.0 Å². The van der Waals surface area contributed by atoms with Crippen LogP contribution < -0.4 is 15.1 Å². The van der Waals surface area contributed by atoms with Gasteiger partial charge in [0.1, 0.15) is 5.58 Å². The normalized spacial score (nSPS) is 14.9. The first kappa shape index (κ1) is 18.7. The molecule has 0 atom stereocenters. The fraction of sp³-hybridized carbons (Fsp3) is 0.167. The van der Waals surface area contributed by atoms with Gasteiger partial charge in [0.2, 0.25) is 10.0 Å². The molecule has 1 aliphatic rings. The van der Waals surface area contributed by atoms with E-state index in [0.717, 1.165) is 12.8 Å². The zero-order valence-corrected chi connectivity index (χ0v) is 16.1. The van der Waals surface area contributed by atoms with Crippen molar-refractivity contribution in [1.82, 2.24) is 4.72 Å². The smallest absolute Gasteiger partial charge is 0.336 e. The maximum absolute atomic E-state index is 12.6. The van der Waals surface area contributed by atoms with Crippen molar-refractivity contribution in [3.8, 4) is 0 Å². The minimum Gasteiger partial charge on any atom is -0.423 e. The number of fused-ring (bicyclic) bond motifs is 1. The van der Waals surface area contributed by atoms with Crippen LogP contribution in [0.1, 0.15) is 12.8 Å². The molecular formula is C18H16N2O6S2. The topological polar surface area (TPSA) is 123 Å². The summed E-state index contributed by atoms with van der Waals surface area (Å²) >= 11 is 0. The Bertz CT molecular complexity index is 1310. The predicted octanol–water partition coefficient (Wildman–Crippen LogP) is 2.03. The SMILES string of the molecule is O=c1ccc2cc(S(=O)(=O)Nc3ccc(S(=O)(=O)NC4CC4)cc3)ccc2o1. The largest absolute Gasteiger partial charge is 0.423 e. The van der Waals surface area contributed by atoms with Gasteiger partial charge in [-0.2, -0.15) is 0 Å². The average molecular weight is 420 g/mol. The van der Waals surface area contributed by atoms with Gasteiger partial charge < -0.3 is 4.42 Å². The molecule has 4 rings (SSSR count).